The quantitative estimate of drug-likeness (QED) is 0.795. The second-order valence-corrected chi connectivity index (χ2v) is 5.96. The van der Waals surface area contributed by atoms with Crippen LogP contribution in [-0.2, 0) is 7.05 Å². The molecule has 1 N–H and O–H groups in total. The third-order valence-corrected chi connectivity index (χ3v) is 4.17. The summed E-state index contributed by atoms with van der Waals surface area (Å²) in [7, 11) is 6.15. The van der Waals surface area contributed by atoms with E-state index in [0.29, 0.717) is 0 Å². The Balaban J connectivity index is 2.05. The molecule has 110 valence electrons. The zero-order valence-electron chi connectivity index (χ0n) is 12.9. The van der Waals surface area contributed by atoms with Crippen LogP contribution in [0.1, 0.15) is 18.1 Å². The number of hydrogen-bond donors (Lipinski definition) is 1. The third kappa shape index (κ3) is 2.55. The van der Waals surface area contributed by atoms with Crippen molar-refractivity contribution in [2.45, 2.75) is 12.5 Å². The summed E-state index contributed by atoms with van der Waals surface area (Å²) in [6, 6.07) is 14.7. The van der Waals surface area contributed by atoms with Crippen molar-refractivity contribution in [2.24, 2.45) is 7.05 Å². The second-order valence-electron chi connectivity index (χ2n) is 5.96. The van der Waals surface area contributed by atoms with Gasteiger partial charge in [-0.3, -0.25) is 0 Å². The van der Waals surface area contributed by atoms with Gasteiger partial charge in [0.05, 0.1) is 6.10 Å². The van der Waals surface area contributed by atoms with Gasteiger partial charge in [-0.25, -0.2) is 0 Å². The van der Waals surface area contributed by atoms with E-state index >= 15 is 0 Å². The van der Waals surface area contributed by atoms with E-state index in [1.54, 1.807) is 0 Å². The number of benzene rings is 2. The first-order chi connectivity index (χ1) is 10.1. The molecule has 2 aromatic carbocycles. The molecule has 0 aliphatic carbocycles. The maximum atomic E-state index is 10.4. The summed E-state index contributed by atoms with van der Waals surface area (Å²) in [6.45, 7) is 0.884. The summed E-state index contributed by atoms with van der Waals surface area (Å²) in [4.78, 5) is 2.10. The number of rotatable bonds is 4. The molecule has 0 saturated carbocycles. The highest BCUT2D eigenvalue weighted by Crippen LogP contribution is 2.30. The minimum atomic E-state index is -0.407. The minimum absolute atomic E-state index is 0.407. The molecule has 1 heterocycles. The molecule has 0 aliphatic heterocycles. The van der Waals surface area contributed by atoms with Crippen LogP contribution in [-0.4, -0.2) is 35.2 Å². The Morgan fingerprint density at radius 3 is 2.52 bits per heavy atom. The van der Waals surface area contributed by atoms with E-state index in [1.165, 1.54) is 21.8 Å². The summed E-state index contributed by atoms with van der Waals surface area (Å²) in [5.74, 6) is 0. The standard InChI is InChI=1S/C18H22N2O/c1-19(2)11-10-18(21)13-8-9-17-15(12-13)14-6-4-5-7-16(14)20(17)3/h4-9,12,18,21H,10-11H2,1-3H3. The average molecular weight is 282 g/mol. The van der Waals surface area contributed by atoms with Gasteiger partial charge in [-0.2, -0.15) is 0 Å². The SMILES string of the molecule is CN(C)CCC(O)c1ccc2c(c1)c1ccccc1n2C. The lowest BCUT2D eigenvalue weighted by atomic mass is 10.0. The normalized spacial score (nSPS) is 13.4. The Hall–Kier alpha value is -1.84. The first kappa shape index (κ1) is 14.1. The molecule has 0 bridgehead atoms. The van der Waals surface area contributed by atoms with Gasteiger partial charge in [0.2, 0.25) is 0 Å². The average Bonchev–Trinajstić information content (AvgIpc) is 2.78. The summed E-state index contributed by atoms with van der Waals surface area (Å²) in [5, 5.41) is 12.8. The smallest absolute Gasteiger partial charge is 0.0802 e. The Bertz CT molecular complexity index is 773. The molecule has 1 aromatic heterocycles. The van der Waals surface area contributed by atoms with Crippen LogP contribution in [0.3, 0.4) is 0 Å². The van der Waals surface area contributed by atoms with Crippen LogP contribution in [0, 0.1) is 0 Å². The van der Waals surface area contributed by atoms with Crippen LogP contribution in [0.25, 0.3) is 21.8 Å². The number of nitrogens with zero attached hydrogens (tertiary/aromatic N) is 2. The summed E-state index contributed by atoms with van der Waals surface area (Å²) < 4.78 is 2.21. The van der Waals surface area contributed by atoms with Gasteiger partial charge in [-0.05, 0) is 44.3 Å². The van der Waals surface area contributed by atoms with Crippen LogP contribution in [0.5, 0.6) is 0 Å². The van der Waals surface area contributed by atoms with Crippen molar-refractivity contribution >= 4 is 21.8 Å². The van der Waals surface area contributed by atoms with Crippen molar-refractivity contribution in [1.29, 1.82) is 0 Å². The molecule has 3 heteroatoms. The molecule has 3 nitrogen and oxygen atoms in total. The van der Waals surface area contributed by atoms with E-state index in [1.807, 2.05) is 20.2 Å². The van der Waals surface area contributed by atoms with Gasteiger partial charge in [-0.15, -0.1) is 0 Å². The molecule has 0 saturated heterocycles. The highest BCUT2D eigenvalue weighted by Gasteiger charge is 2.12. The Morgan fingerprint density at radius 1 is 1.05 bits per heavy atom. The van der Waals surface area contributed by atoms with Gasteiger partial charge in [0.25, 0.3) is 0 Å². The number of aromatic nitrogens is 1. The Kier molecular flexibility index (Phi) is 3.70. The third-order valence-electron chi connectivity index (χ3n) is 4.17. The first-order valence-corrected chi connectivity index (χ1v) is 7.38. The van der Waals surface area contributed by atoms with Crippen molar-refractivity contribution in [3.05, 3.63) is 48.0 Å². The molecule has 3 rings (SSSR count). The maximum absolute atomic E-state index is 10.4. The summed E-state index contributed by atoms with van der Waals surface area (Å²) in [5.41, 5.74) is 3.44. The molecule has 0 fully saturated rings. The Labute approximate surface area is 125 Å². The van der Waals surface area contributed by atoms with Gasteiger partial charge in [-0.1, -0.05) is 24.3 Å². The zero-order valence-corrected chi connectivity index (χ0v) is 12.9. The predicted molar refractivity (Wildman–Crippen MR) is 88.6 cm³/mol. The van der Waals surface area contributed by atoms with Crippen LogP contribution >= 0.6 is 0 Å². The van der Waals surface area contributed by atoms with Crippen LogP contribution < -0.4 is 0 Å². The molecule has 1 atom stereocenters. The van der Waals surface area contributed by atoms with E-state index in [-0.39, 0.29) is 0 Å². The van der Waals surface area contributed by atoms with Crippen molar-refractivity contribution in [3.8, 4) is 0 Å². The number of aliphatic hydroxyl groups is 1. The Morgan fingerprint density at radius 2 is 1.76 bits per heavy atom. The lowest BCUT2D eigenvalue weighted by Crippen LogP contribution is -2.15. The van der Waals surface area contributed by atoms with Gasteiger partial charge in [0, 0.05) is 35.4 Å². The monoisotopic (exact) mass is 282 g/mol. The zero-order chi connectivity index (χ0) is 15.0. The van der Waals surface area contributed by atoms with Crippen LogP contribution in [0.4, 0.5) is 0 Å². The predicted octanol–water partition coefficient (Wildman–Crippen LogP) is 3.32. The fraction of sp³-hybridized carbons (Fsp3) is 0.333. The fourth-order valence-corrected chi connectivity index (χ4v) is 2.94. The minimum Gasteiger partial charge on any atom is -0.388 e. The van der Waals surface area contributed by atoms with Gasteiger partial charge in [0.1, 0.15) is 0 Å². The summed E-state index contributed by atoms with van der Waals surface area (Å²) >= 11 is 0. The molecule has 21 heavy (non-hydrogen) atoms. The highest BCUT2D eigenvalue weighted by atomic mass is 16.3. The van der Waals surface area contributed by atoms with Crippen molar-refractivity contribution in [3.63, 3.8) is 0 Å². The van der Waals surface area contributed by atoms with Crippen LogP contribution in [0.15, 0.2) is 42.5 Å². The largest absolute Gasteiger partial charge is 0.388 e. The number of hydrogen-bond acceptors (Lipinski definition) is 2. The molecule has 0 radical (unpaired) electrons. The van der Waals surface area contributed by atoms with E-state index < -0.39 is 6.10 Å². The topological polar surface area (TPSA) is 28.4 Å². The maximum Gasteiger partial charge on any atom is 0.0802 e. The van der Waals surface area contributed by atoms with Crippen molar-refractivity contribution in [2.75, 3.05) is 20.6 Å². The number of aliphatic hydroxyl groups excluding tert-OH is 1. The van der Waals surface area contributed by atoms with E-state index in [2.05, 4.69) is 52.9 Å². The first-order valence-electron chi connectivity index (χ1n) is 7.38. The second kappa shape index (κ2) is 5.51. The molecule has 0 spiro atoms. The fourth-order valence-electron chi connectivity index (χ4n) is 2.94. The summed E-state index contributed by atoms with van der Waals surface area (Å²) in [6.07, 6.45) is 0.347. The van der Waals surface area contributed by atoms with Crippen molar-refractivity contribution < 1.29 is 5.11 Å². The molecule has 0 amide bonds. The lowest BCUT2D eigenvalue weighted by molar-refractivity contribution is 0.154. The number of para-hydroxylation sites is 1. The number of fused-ring (bicyclic) bond motifs is 3. The molecule has 1 unspecified atom stereocenters. The van der Waals surface area contributed by atoms with E-state index in [0.717, 1.165) is 18.5 Å². The van der Waals surface area contributed by atoms with Gasteiger partial charge in [0.15, 0.2) is 0 Å². The molecular formula is C18H22N2O. The lowest BCUT2D eigenvalue weighted by Gasteiger charge is -2.15. The molecule has 3 aromatic rings. The van der Waals surface area contributed by atoms with Gasteiger partial charge < -0.3 is 14.6 Å². The van der Waals surface area contributed by atoms with E-state index in [9.17, 15) is 5.11 Å². The number of aryl methyl sites for hydroxylation is 1. The van der Waals surface area contributed by atoms with Crippen molar-refractivity contribution in [1.82, 2.24) is 9.47 Å². The molecular weight excluding hydrogens is 260 g/mol. The van der Waals surface area contributed by atoms with E-state index in [4.69, 9.17) is 0 Å². The van der Waals surface area contributed by atoms with Gasteiger partial charge >= 0.3 is 0 Å². The molecule has 0 aliphatic rings. The highest BCUT2D eigenvalue weighted by molar-refractivity contribution is 6.08. The van der Waals surface area contributed by atoms with Crippen LogP contribution in [0.2, 0.25) is 0 Å².